The molecule has 0 spiro atoms. The Kier molecular flexibility index (Phi) is 6.78. The van der Waals surface area contributed by atoms with Crippen LogP contribution in [0.5, 0.6) is 0 Å². The van der Waals surface area contributed by atoms with Crippen LogP contribution < -0.4 is 9.62 Å². The summed E-state index contributed by atoms with van der Waals surface area (Å²) in [5.41, 5.74) is 2.18. The van der Waals surface area contributed by atoms with Gasteiger partial charge < -0.3 is 9.64 Å². The molecule has 3 rings (SSSR count). The highest BCUT2D eigenvalue weighted by molar-refractivity contribution is 7.91. The van der Waals surface area contributed by atoms with Crippen molar-refractivity contribution in [2.24, 2.45) is 0 Å². The molecule has 1 aromatic heterocycles. The largest absolute Gasteiger partial charge is 0.379 e. The van der Waals surface area contributed by atoms with Gasteiger partial charge in [-0.25, -0.2) is 13.1 Å². The lowest BCUT2D eigenvalue weighted by atomic mass is 10.0. The number of nitrogens with one attached hydrogen (secondary N) is 1. The fourth-order valence-electron chi connectivity index (χ4n) is 3.04. The van der Waals surface area contributed by atoms with Gasteiger partial charge in [0.1, 0.15) is 4.21 Å². The third kappa shape index (κ3) is 5.22. The van der Waals surface area contributed by atoms with Crippen molar-refractivity contribution in [3.05, 3.63) is 46.3 Å². The van der Waals surface area contributed by atoms with Gasteiger partial charge >= 0.3 is 0 Å². The van der Waals surface area contributed by atoms with Crippen molar-refractivity contribution >= 4 is 38.6 Å². The summed E-state index contributed by atoms with van der Waals surface area (Å²) >= 11 is 6.95. The van der Waals surface area contributed by atoms with E-state index in [0.29, 0.717) is 24.1 Å². The Bertz CT molecular complexity index is 847. The maximum absolute atomic E-state index is 12.6. The minimum absolute atomic E-state index is 0.0599. The fourth-order valence-corrected chi connectivity index (χ4v) is 5.61. The molecule has 0 aliphatic carbocycles. The van der Waals surface area contributed by atoms with Crippen molar-refractivity contribution < 1.29 is 13.2 Å². The zero-order valence-electron chi connectivity index (χ0n) is 15.4. The lowest BCUT2D eigenvalue weighted by molar-refractivity contribution is 0.0172. The van der Waals surface area contributed by atoms with Crippen LogP contribution >= 0.6 is 22.9 Å². The molecule has 2 heterocycles. The molecule has 1 atom stereocenters. The van der Waals surface area contributed by atoms with Crippen molar-refractivity contribution in [1.82, 2.24) is 9.62 Å². The van der Waals surface area contributed by atoms with E-state index in [0.717, 1.165) is 35.7 Å². The Labute approximate surface area is 169 Å². The minimum Gasteiger partial charge on any atom is -0.379 e. The minimum atomic E-state index is -3.58. The van der Waals surface area contributed by atoms with Gasteiger partial charge in [0.05, 0.1) is 17.6 Å². The average Bonchev–Trinajstić information content (AvgIpc) is 3.10. The second-order valence-electron chi connectivity index (χ2n) is 6.56. The molecule has 6 nitrogen and oxygen atoms in total. The van der Waals surface area contributed by atoms with E-state index in [-0.39, 0.29) is 10.3 Å². The highest BCUT2D eigenvalue weighted by Crippen LogP contribution is 2.27. The number of anilines is 1. The first kappa shape index (κ1) is 20.6. The van der Waals surface area contributed by atoms with Crippen LogP contribution in [0, 0.1) is 0 Å². The van der Waals surface area contributed by atoms with Crippen LogP contribution in [0.4, 0.5) is 5.69 Å². The summed E-state index contributed by atoms with van der Waals surface area (Å²) in [7, 11) is 0.405. The Hall–Kier alpha value is -1.16. The normalized spacial score (nSPS) is 17.0. The lowest BCUT2D eigenvalue weighted by Crippen LogP contribution is -2.43. The Morgan fingerprint density at radius 1 is 1.19 bits per heavy atom. The van der Waals surface area contributed by atoms with E-state index >= 15 is 0 Å². The second kappa shape index (κ2) is 8.89. The van der Waals surface area contributed by atoms with Gasteiger partial charge in [0, 0.05) is 45.5 Å². The number of morpholine rings is 1. The second-order valence-corrected chi connectivity index (χ2v) is 10.3. The van der Waals surface area contributed by atoms with Crippen molar-refractivity contribution in [2.75, 3.05) is 51.8 Å². The first-order chi connectivity index (χ1) is 12.9. The predicted octanol–water partition coefficient (Wildman–Crippen LogP) is 2.82. The van der Waals surface area contributed by atoms with Crippen LogP contribution in [-0.2, 0) is 14.8 Å². The van der Waals surface area contributed by atoms with E-state index < -0.39 is 10.0 Å². The van der Waals surface area contributed by atoms with Crippen molar-refractivity contribution in [1.29, 1.82) is 0 Å². The summed E-state index contributed by atoms with van der Waals surface area (Å²) in [6, 6.07) is 11.3. The van der Waals surface area contributed by atoms with E-state index in [2.05, 4.69) is 33.9 Å². The zero-order valence-corrected chi connectivity index (χ0v) is 17.8. The molecule has 148 valence electrons. The molecule has 9 heteroatoms. The van der Waals surface area contributed by atoms with Crippen LogP contribution in [0.3, 0.4) is 0 Å². The number of hydrogen-bond acceptors (Lipinski definition) is 6. The van der Waals surface area contributed by atoms with E-state index in [4.69, 9.17) is 16.3 Å². The van der Waals surface area contributed by atoms with Crippen LogP contribution in [0.25, 0.3) is 0 Å². The average molecular weight is 430 g/mol. The lowest BCUT2D eigenvalue weighted by Gasteiger charge is -2.35. The van der Waals surface area contributed by atoms with Gasteiger partial charge in [-0.1, -0.05) is 23.7 Å². The quantitative estimate of drug-likeness (QED) is 0.733. The molecule has 0 amide bonds. The molecule has 0 radical (unpaired) electrons. The van der Waals surface area contributed by atoms with E-state index in [1.54, 1.807) is 6.07 Å². The third-order valence-corrected chi connectivity index (χ3v) is 7.71. The molecule has 1 N–H and O–H groups in total. The standard InChI is InChI=1S/C18H24ClN3O3S2/c1-21(2)15-5-3-14(4-6-15)16(22-9-11-25-12-10-22)13-20-27(23,24)18-8-7-17(19)26-18/h3-8,16,20H,9-13H2,1-2H3. The first-order valence-electron chi connectivity index (χ1n) is 8.71. The Morgan fingerprint density at radius 3 is 2.41 bits per heavy atom. The molecule has 0 bridgehead atoms. The zero-order chi connectivity index (χ0) is 19.4. The van der Waals surface area contributed by atoms with Crippen LogP contribution in [0.2, 0.25) is 4.34 Å². The molecule has 1 saturated heterocycles. The maximum Gasteiger partial charge on any atom is 0.250 e. The van der Waals surface area contributed by atoms with Gasteiger partial charge in [0.25, 0.3) is 0 Å². The Morgan fingerprint density at radius 2 is 1.85 bits per heavy atom. The fraction of sp³-hybridized carbons (Fsp3) is 0.444. The van der Waals surface area contributed by atoms with E-state index in [1.807, 2.05) is 19.0 Å². The van der Waals surface area contributed by atoms with Crippen LogP contribution in [0.1, 0.15) is 11.6 Å². The van der Waals surface area contributed by atoms with Gasteiger partial charge in [-0.05, 0) is 29.8 Å². The molecule has 1 aliphatic heterocycles. The van der Waals surface area contributed by atoms with Gasteiger partial charge in [-0.15, -0.1) is 11.3 Å². The molecule has 1 unspecified atom stereocenters. The highest BCUT2D eigenvalue weighted by atomic mass is 35.5. The summed E-state index contributed by atoms with van der Waals surface area (Å²) in [6.45, 7) is 3.14. The molecule has 2 aromatic rings. The molecular formula is C18H24ClN3O3S2. The summed E-state index contributed by atoms with van der Waals surface area (Å²) in [5, 5.41) is 0. The molecule has 1 aliphatic rings. The summed E-state index contributed by atoms with van der Waals surface area (Å²) in [6.07, 6.45) is 0. The SMILES string of the molecule is CN(C)c1ccc(C(CNS(=O)(=O)c2ccc(Cl)s2)N2CCOCC2)cc1. The third-order valence-electron chi connectivity index (χ3n) is 4.56. The van der Waals surface area contributed by atoms with Crippen LogP contribution in [0.15, 0.2) is 40.6 Å². The van der Waals surface area contributed by atoms with Gasteiger partial charge in [-0.3, -0.25) is 4.90 Å². The smallest absolute Gasteiger partial charge is 0.250 e. The first-order valence-corrected chi connectivity index (χ1v) is 11.4. The van der Waals surface area contributed by atoms with Crippen molar-refractivity contribution in [3.63, 3.8) is 0 Å². The molecule has 0 saturated carbocycles. The highest BCUT2D eigenvalue weighted by Gasteiger charge is 2.25. The summed E-state index contributed by atoms with van der Waals surface area (Å²) in [4.78, 5) is 4.30. The van der Waals surface area contributed by atoms with E-state index in [9.17, 15) is 8.42 Å². The number of benzene rings is 1. The number of hydrogen-bond donors (Lipinski definition) is 1. The van der Waals surface area contributed by atoms with E-state index in [1.165, 1.54) is 6.07 Å². The number of thiophene rings is 1. The number of sulfonamides is 1. The summed E-state index contributed by atoms with van der Waals surface area (Å²) in [5.74, 6) is 0. The van der Waals surface area contributed by atoms with Gasteiger partial charge in [0.15, 0.2) is 0 Å². The number of nitrogens with zero attached hydrogens (tertiary/aromatic N) is 2. The van der Waals surface area contributed by atoms with Gasteiger partial charge in [-0.2, -0.15) is 0 Å². The van der Waals surface area contributed by atoms with Crippen molar-refractivity contribution in [3.8, 4) is 0 Å². The predicted molar refractivity (Wildman–Crippen MR) is 110 cm³/mol. The number of halogens is 1. The molecule has 1 aromatic carbocycles. The molecule has 27 heavy (non-hydrogen) atoms. The maximum atomic E-state index is 12.6. The monoisotopic (exact) mass is 429 g/mol. The number of ether oxygens (including phenoxy) is 1. The van der Waals surface area contributed by atoms with Crippen molar-refractivity contribution in [2.45, 2.75) is 10.3 Å². The molecular weight excluding hydrogens is 406 g/mol. The molecule has 1 fully saturated rings. The number of rotatable bonds is 7. The summed E-state index contributed by atoms with van der Waals surface area (Å²) < 4.78 is 34.1. The van der Waals surface area contributed by atoms with Crippen LogP contribution in [-0.4, -0.2) is 60.3 Å². The van der Waals surface area contributed by atoms with Gasteiger partial charge in [0.2, 0.25) is 10.0 Å². The Balaban J connectivity index is 1.79. The topological polar surface area (TPSA) is 61.9 Å².